The van der Waals surface area contributed by atoms with Crippen LogP contribution < -0.4 is 5.32 Å². The third kappa shape index (κ3) is 8.51. The van der Waals surface area contributed by atoms with Crippen LogP contribution in [0.3, 0.4) is 0 Å². The number of rotatable bonds is 9. The Balaban J connectivity index is 3.44. The number of halogens is 1. The topological polar surface area (TPSA) is 30.5 Å². The summed E-state index contributed by atoms with van der Waals surface area (Å²) in [4.78, 5) is 0. The molecule has 0 bridgehead atoms. The molecule has 0 aromatic carbocycles. The van der Waals surface area contributed by atoms with Gasteiger partial charge in [-0.3, -0.25) is 0 Å². The summed E-state index contributed by atoms with van der Waals surface area (Å²) in [5, 5.41) is 3.76. The molecule has 0 amide bonds. The van der Waals surface area contributed by atoms with Gasteiger partial charge in [0.25, 0.3) is 0 Å². The zero-order valence-corrected chi connectivity index (χ0v) is 9.77. The molecule has 84 valence electrons. The minimum Gasteiger partial charge on any atom is -0.353 e. The van der Waals surface area contributed by atoms with E-state index in [2.05, 4.69) is 11.9 Å². The summed E-state index contributed by atoms with van der Waals surface area (Å²) in [6.45, 7) is 10.3. The quantitative estimate of drug-likeness (QED) is 0.478. The second-order valence-corrected chi connectivity index (χ2v) is 3.36. The molecule has 0 rings (SSSR count). The zero-order valence-electron chi connectivity index (χ0n) is 9.01. The lowest BCUT2D eigenvalue weighted by Gasteiger charge is -2.16. The van der Waals surface area contributed by atoms with Gasteiger partial charge in [-0.1, -0.05) is 18.2 Å². The minimum atomic E-state index is -0.110. The van der Waals surface area contributed by atoms with Crippen LogP contribution in [0.15, 0.2) is 11.6 Å². The summed E-state index contributed by atoms with van der Waals surface area (Å²) in [6.07, 6.45) is 0.715. The van der Waals surface area contributed by atoms with E-state index in [4.69, 9.17) is 21.1 Å². The van der Waals surface area contributed by atoms with E-state index in [1.54, 1.807) is 0 Å². The average Bonchev–Trinajstić information content (AvgIpc) is 2.12. The summed E-state index contributed by atoms with van der Waals surface area (Å²) < 4.78 is 10.7. The van der Waals surface area contributed by atoms with Crippen molar-refractivity contribution in [3.05, 3.63) is 11.6 Å². The van der Waals surface area contributed by atoms with Crippen molar-refractivity contribution in [1.82, 2.24) is 5.32 Å². The van der Waals surface area contributed by atoms with Crippen molar-refractivity contribution in [2.24, 2.45) is 0 Å². The normalized spacial score (nSPS) is 10.9. The third-order valence-electron chi connectivity index (χ3n) is 1.58. The molecule has 3 nitrogen and oxygen atoms in total. The number of ether oxygens (including phenoxy) is 2. The molecule has 0 unspecified atom stereocenters. The standard InChI is InChI=1S/C10H20ClNO2/c1-4-13-10(14-5-2)6-7-12-8-9(3)11/h10,12H,3-8H2,1-2H3. The first kappa shape index (κ1) is 13.9. The van der Waals surface area contributed by atoms with Crippen LogP contribution in [0.1, 0.15) is 20.3 Å². The summed E-state index contributed by atoms with van der Waals surface area (Å²) >= 11 is 5.60. The first-order chi connectivity index (χ1) is 6.70. The fraction of sp³-hybridized carbons (Fsp3) is 0.800. The van der Waals surface area contributed by atoms with Crippen LogP contribution in [0.5, 0.6) is 0 Å². The zero-order chi connectivity index (χ0) is 10.8. The van der Waals surface area contributed by atoms with Crippen molar-refractivity contribution >= 4 is 11.6 Å². The molecule has 0 saturated carbocycles. The predicted molar refractivity (Wildman–Crippen MR) is 59.5 cm³/mol. The minimum absolute atomic E-state index is 0.110. The summed E-state index contributed by atoms with van der Waals surface area (Å²) in [7, 11) is 0. The Bertz CT molecular complexity index is 147. The Labute approximate surface area is 91.4 Å². The van der Waals surface area contributed by atoms with E-state index in [1.165, 1.54) is 0 Å². The Morgan fingerprint density at radius 1 is 1.36 bits per heavy atom. The molecule has 0 aliphatic heterocycles. The second-order valence-electron chi connectivity index (χ2n) is 2.82. The van der Waals surface area contributed by atoms with Gasteiger partial charge >= 0.3 is 0 Å². The average molecular weight is 222 g/mol. The van der Waals surface area contributed by atoms with Gasteiger partial charge in [0.1, 0.15) is 0 Å². The fourth-order valence-corrected chi connectivity index (χ4v) is 1.12. The highest BCUT2D eigenvalue weighted by molar-refractivity contribution is 6.29. The molecule has 0 aromatic heterocycles. The van der Waals surface area contributed by atoms with Gasteiger partial charge in [0.2, 0.25) is 0 Å². The van der Waals surface area contributed by atoms with Crippen LogP contribution >= 0.6 is 11.6 Å². The predicted octanol–water partition coefficient (Wildman–Crippen LogP) is 2.12. The Kier molecular flexibility index (Phi) is 9.40. The molecular weight excluding hydrogens is 202 g/mol. The van der Waals surface area contributed by atoms with Crippen molar-refractivity contribution in [2.75, 3.05) is 26.3 Å². The summed E-state index contributed by atoms with van der Waals surface area (Å²) in [5.41, 5.74) is 0. The van der Waals surface area contributed by atoms with Gasteiger partial charge in [0.05, 0.1) is 0 Å². The highest BCUT2D eigenvalue weighted by Crippen LogP contribution is 2.00. The van der Waals surface area contributed by atoms with E-state index >= 15 is 0 Å². The maximum Gasteiger partial charge on any atom is 0.158 e. The van der Waals surface area contributed by atoms with Crippen molar-refractivity contribution in [2.45, 2.75) is 26.6 Å². The number of hydrogen-bond donors (Lipinski definition) is 1. The summed E-state index contributed by atoms with van der Waals surface area (Å²) in [5.74, 6) is 0. The lowest BCUT2D eigenvalue weighted by Crippen LogP contribution is -2.25. The van der Waals surface area contributed by atoms with Gasteiger partial charge in [-0.2, -0.15) is 0 Å². The molecule has 4 heteroatoms. The maximum absolute atomic E-state index is 5.60. The molecule has 1 N–H and O–H groups in total. The van der Waals surface area contributed by atoms with Gasteiger partial charge in [-0.25, -0.2) is 0 Å². The van der Waals surface area contributed by atoms with Crippen molar-refractivity contribution in [1.29, 1.82) is 0 Å². The fourth-order valence-electron chi connectivity index (χ4n) is 1.03. The van der Waals surface area contributed by atoms with E-state index in [0.29, 0.717) is 24.8 Å². The molecule has 0 fully saturated rings. The van der Waals surface area contributed by atoms with E-state index in [-0.39, 0.29) is 6.29 Å². The maximum atomic E-state index is 5.60. The van der Waals surface area contributed by atoms with Gasteiger partial charge in [0.15, 0.2) is 6.29 Å². The van der Waals surface area contributed by atoms with E-state index in [1.807, 2.05) is 13.8 Å². The van der Waals surface area contributed by atoms with Gasteiger partial charge in [-0.15, -0.1) is 0 Å². The van der Waals surface area contributed by atoms with Crippen molar-refractivity contribution < 1.29 is 9.47 Å². The number of nitrogens with one attached hydrogen (secondary N) is 1. The van der Waals surface area contributed by atoms with Crippen molar-refractivity contribution in [3.63, 3.8) is 0 Å². The highest BCUT2D eigenvalue weighted by Gasteiger charge is 2.06. The molecule has 0 aliphatic rings. The molecule has 0 aromatic rings. The molecule has 0 atom stereocenters. The van der Waals surface area contributed by atoms with Crippen molar-refractivity contribution in [3.8, 4) is 0 Å². The Hall–Kier alpha value is -0.0900. The molecule has 0 heterocycles. The Morgan fingerprint density at radius 3 is 2.36 bits per heavy atom. The van der Waals surface area contributed by atoms with Crippen LogP contribution in [-0.4, -0.2) is 32.6 Å². The Morgan fingerprint density at radius 2 is 1.93 bits per heavy atom. The van der Waals surface area contributed by atoms with E-state index in [0.717, 1.165) is 13.0 Å². The molecule has 14 heavy (non-hydrogen) atoms. The summed E-state index contributed by atoms with van der Waals surface area (Å²) in [6, 6.07) is 0. The van der Waals surface area contributed by atoms with Gasteiger partial charge in [0, 0.05) is 37.8 Å². The van der Waals surface area contributed by atoms with Gasteiger partial charge in [-0.05, 0) is 13.8 Å². The van der Waals surface area contributed by atoms with Gasteiger partial charge < -0.3 is 14.8 Å². The van der Waals surface area contributed by atoms with Crippen LogP contribution in [0.25, 0.3) is 0 Å². The third-order valence-corrected chi connectivity index (χ3v) is 1.71. The smallest absolute Gasteiger partial charge is 0.158 e. The van der Waals surface area contributed by atoms with E-state index < -0.39 is 0 Å². The van der Waals surface area contributed by atoms with Crippen LogP contribution in [0.4, 0.5) is 0 Å². The molecule has 0 saturated heterocycles. The highest BCUT2D eigenvalue weighted by atomic mass is 35.5. The SMILES string of the molecule is C=C(Cl)CNCCC(OCC)OCC. The molecular formula is C10H20ClNO2. The van der Waals surface area contributed by atoms with Crippen LogP contribution in [-0.2, 0) is 9.47 Å². The second kappa shape index (κ2) is 9.46. The van der Waals surface area contributed by atoms with Crippen LogP contribution in [0, 0.1) is 0 Å². The molecule has 0 spiro atoms. The molecule has 0 aliphatic carbocycles. The van der Waals surface area contributed by atoms with E-state index in [9.17, 15) is 0 Å². The monoisotopic (exact) mass is 221 g/mol. The number of hydrogen-bond acceptors (Lipinski definition) is 3. The lowest BCUT2D eigenvalue weighted by molar-refractivity contribution is -0.138. The first-order valence-electron chi connectivity index (χ1n) is 4.97. The van der Waals surface area contributed by atoms with Crippen LogP contribution in [0.2, 0.25) is 0 Å². The molecule has 0 radical (unpaired) electrons. The lowest BCUT2D eigenvalue weighted by atomic mass is 10.4. The first-order valence-corrected chi connectivity index (χ1v) is 5.35. The largest absolute Gasteiger partial charge is 0.353 e.